The number of Topliss-reactive ketones (excluding diaryl/α,β-unsaturated/α-hetero) is 1. The van der Waals surface area contributed by atoms with Crippen molar-refractivity contribution in [2.24, 2.45) is 55.4 Å². The second-order valence-corrected chi connectivity index (χ2v) is 15.4. The Kier molecular flexibility index (Phi) is 5.62. The molecule has 5 rings (SSSR count). The molecule has 5 aliphatic rings. The van der Waals surface area contributed by atoms with E-state index in [2.05, 4.69) is 66.6 Å². The fourth-order valence-electron chi connectivity index (χ4n) is 11.1. The summed E-state index contributed by atoms with van der Waals surface area (Å²) in [6, 6.07) is 0. The number of carbonyl (C=O) groups excluding carboxylic acids is 1. The molecule has 3 nitrogen and oxygen atoms in total. The van der Waals surface area contributed by atoms with Crippen molar-refractivity contribution in [3.05, 3.63) is 11.6 Å². The lowest BCUT2D eigenvalue weighted by atomic mass is 9.33. The number of carbonyl (C=O) groups is 1. The molecule has 4 saturated carbocycles. The summed E-state index contributed by atoms with van der Waals surface area (Å²) in [6.07, 6.45) is 14.7. The van der Waals surface area contributed by atoms with Crippen molar-refractivity contribution in [1.29, 1.82) is 0 Å². The molecular formula is C32H51NO2. The van der Waals surface area contributed by atoms with E-state index in [1.165, 1.54) is 32.1 Å². The molecule has 4 fully saturated rings. The van der Waals surface area contributed by atoms with Gasteiger partial charge in [0.2, 0.25) is 0 Å². The Labute approximate surface area is 214 Å². The second kappa shape index (κ2) is 7.70. The molecular weight excluding hydrogens is 430 g/mol. The maximum atomic E-state index is 13.6. The quantitative estimate of drug-likeness (QED) is 0.244. The van der Waals surface area contributed by atoms with E-state index >= 15 is 0 Å². The van der Waals surface area contributed by atoms with E-state index in [1.54, 1.807) is 5.57 Å². The summed E-state index contributed by atoms with van der Waals surface area (Å²) in [5.41, 5.74) is 3.53. The van der Waals surface area contributed by atoms with Gasteiger partial charge in [-0.15, -0.1) is 0 Å². The van der Waals surface area contributed by atoms with Crippen molar-refractivity contribution in [3.8, 4) is 0 Å². The summed E-state index contributed by atoms with van der Waals surface area (Å²) < 4.78 is 0. The number of hydrogen-bond donors (Lipinski definition) is 1. The molecule has 5 aliphatic carbocycles. The SMILES string of the molecule is CCC(=O)[C@]12CCC(C)(C)C[C@H]1C1=CC[C@@H]3[C@@]4(C)CC/C(=N\O)C(C)(C)[C@@H]4CC[C@@]3(C)[C@]1(C)CC2. The Morgan fingerprint density at radius 3 is 2.31 bits per heavy atom. The molecule has 3 heteroatoms. The van der Waals surface area contributed by atoms with E-state index in [-0.39, 0.29) is 27.1 Å². The molecule has 0 heterocycles. The fraction of sp³-hybridized carbons (Fsp3) is 0.875. The molecule has 0 bridgehead atoms. The van der Waals surface area contributed by atoms with Crippen LogP contribution in [0.3, 0.4) is 0 Å². The molecule has 0 aliphatic heterocycles. The van der Waals surface area contributed by atoms with E-state index in [1.807, 2.05) is 0 Å². The van der Waals surface area contributed by atoms with Crippen LogP contribution in [0.25, 0.3) is 0 Å². The first kappa shape index (κ1) is 25.5. The van der Waals surface area contributed by atoms with E-state index in [4.69, 9.17) is 0 Å². The number of oxime groups is 1. The fourth-order valence-corrected chi connectivity index (χ4v) is 11.1. The highest BCUT2D eigenvalue weighted by atomic mass is 16.4. The van der Waals surface area contributed by atoms with Gasteiger partial charge in [0.05, 0.1) is 5.71 Å². The summed E-state index contributed by atoms with van der Waals surface area (Å²) in [4.78, 5) is 13.6. The zero-order valence-corrected chi connectivity index (χ0v) is 23.9. The smallest absolute Gasteiger partial charge is 0.139 e. The standard InChI is InChI=1S/C32H51NO2/c1-9-26(34)32-18-16-27(2,3)20-22(32)21-10-11-24-29(6)14-13-25(33-35)28(4,5)23(29)12-15-31(24,8)30(21,7)17-19-32/h10,22-24,35H,9,11-20H2,1-8H3/b33-25+/t22-,23-,24+,29-,30+,31+,32-/m0/s1. The van der Waals surface area contributed by atoms with Crippen LogP contribution in [-0.2, 0) is 4.79 Å². The molecule has 0 aromatic rings. The minimum Gasteiger partial charge on any atom is -0.411 e. The number of nitrogens with zero attached hydrogens (tertiary/aromatic N) is 1. The summed E-state index contributed by atoms with van der Waals surface area (Å²) >= 11 is 0. The molecule has 196 valence electrons. The molecule has 0 spiro atoms. The Balaban J connectivity index is 1.60. The van der Waals surface area contributed by atoms with Gasteiger partial charge < -0.3 is 5.21 Å². The van der Waals surface area contributed by atoms with E-state index in [0.717, 1.165) is 37.8 Å². The predicted molar refractivity (Wildman–Crippen MR) is 144 cm³/mol. The van der Waals surface area contributed by atoms with Crippen LogP contribution in [0, 0.1) is 50.2 Å². The number of rotatable bonds is 2. The van der Waals surface area contributed by atoms with Gasteiger partial charge in [-0.2, -0.15) is 0 Å². The van der Waals surface area contributed by atoms with Crippen molar-refractivity contribution in [2.45, 2.75) is 126 Å². The summed E-state index contributed by atoms with van der Waals surface area (Å²) in [6.45, 7) is 19.4. The van der Waals surface area contributed by atoms with Crippen LogP contribution in [0.2, 0.25) is 0 Å². The monoisotopic (exact) mass is 481 g/mol. The highest BCUT2D eigenvalue weighted by Gasteiger charge is 2.68. The molecule has 7 atom stereocenters. The summed E-state index contributed by atoms with van der Waals surface area (Å²) in [7, 11) is 0. The van der Waals surface area contributed by atoms with Crippen molar-refractivity contribution in [1.82, 2.24) is 0 Å². The molecule has 1 N–H and O–H groups in total. The van der Waals surface area contributed by atoms with Crippen molar-refractivity contribution >= 4 is 11.5 Å². The highest BCUT2D eigenvalue weighted by molar-refractivity contribution is 5.90. The van der Waals surface area contributed by atoms with Gasteiger partial charge in [0.15, 0.2) is 0 Å². The van der Waals surface area contributed by atoms with E-state index in [9.17, 15) is 10.0 Å². The number of fused-ring (bicyclic) bond motifs is 7. The lowest BCUT2D eigenvalue weighted by Gasteiger charge is -2.71. The van der Waals surface area contributed by atoms with Gasteiger partial charge in [0, 0.05) is 17.3 Å². The third-order valence-electron chi connectivity index (χ3n) is 13.4. The van der Waals surface area contributed by atoms with Crippen LogP contribution < -0.4 is 0 Å². The van der Waals surface area contributed by atoms with Crippen LogP contribution >= 0.6 is 0 Å². The van der Waals surface area contributed by atoms with Crippen LogP contribution in [-0.4, -0.2) is 16.7 Å². The summed E-state index contributed by atoms with van der Waals surface area (Å²) in [5.74, 6) is 2.17. The third kappa shape index (κ3) is 3.14. The average molecular weight is 482 g/mol. The van der Waals surface area contributed by atoms with Crippen LogP contribution in [0.15, 0.2) is 16.8 Å². The van der Waals surface area contributed by atoms with Gasteiger partial charge in [0.25, 0.3) is 0 Å². The van der Waals surface area contributed by atoms with Crippen LogP contribution in [0.5, 0.6) is 0 Å². The maximum Gasteiger partial charge on any atom is 0.139 e. The Morgan fingerprint density at radius 2 is 1.66 bits per heavy atom. The molecule has 35 heavy (non-hydrogen) atoms. The minimum atomic E-state index is -0.112. The molecule has 0 amide bonds. The van der Waals surface area contributed by atoms with Gasteiger partial charge in [-0.05, 0) is 104 Å². The summed E-state index contributed by atoms with van der Waals surface area (Å²) in [5, 5.41) is 13.6. The van der Waals surface area contributed by atoms with Gasteiger partial charge in [0.1, 0.15) is 5.78 Å². The Hall–Kier alpha value is -1.12. The molecule has 0 aromatic heterocycles. The first-order valence-corrected chi connectivity index (χ1v) is 14.7. The number of allylic oxidation sites excluding steroid dienone is 2. The molecule has 0 unspecified atom stereocenters. The largest absolute Gasteiger partial charge is 0.411 e. The van der Waals surface area contributed by atoms with Gasteiger partial charge in [-0.3, -0.25) is 4.79 Å². The first-order chi connectivity index (χ1) is 16.2. The second-order valence-electron chi connectivity index (χ2n) is 15.4. The van der Waals surface area contributed by atoms with Crippen LogP contribution in [0.4, 0.5) is 0 Å². The Morgan fingerprint density at radius 1 is 0.971 bits per heavy atom. The maximum absolute atomic E-state index is 13.6. The van der Waals surface area contributed by atoms with Crippen molar-refractivity contribution in [3.63, 3.8) is 0 Å². The van der Waals surface area contributed by atoms with Gasteiger partial charge in [-0.25, -0.2) is 0 Å². The van der Waals surface area contributed by atoms with Gasteiger partial charge in [-0.1, -0.05) is 72.2 Å². The van der Waals surface area contributed by atoms with Crippen molar-refractivity contribution < 1.29 is 10.0 Å². The molecule has 0 radical (unpaired) electrons. The minimum absolute atomic E-state index is 0.0450. The predicted octanol–water partition coefficient (Wildman–Crippen LogP) is 8.60. The number of ketones is 1. The average Bonchev–Trinajstić information content (AvgIpc) is 2.78. The highest BCUT2D eigenvalue weighted by Crippen LogP contribution is 2.75. The zero-order chi connectivity index (χ0) is 25.7. The number of hydrogen-bond acceptors (Lipinski definition) is 3. The molecule has 0 saturated heterocycles. The topological polar surface area (TPSA) is 49.7 Å². The Bertz CT molecular complexity index is 974. The lowest BCUT2D eigenvalue weighted by Crippen LogP contribution is -2.64. The van der Waals surface area contributed by atoms with Crippen molar-refractivity contribution in [2.75, 3.05) is 0 Å². The molecule has 0 aromatic carbocycles. The zero-order valence-electron chi connectivity index (χ0n) is 23.9. The third-order valence-corrected chi connectivity index (χ3v) is 13.4. The first-order valence-electron chi connectivity index (χ1n) is 14.7. The normalized spacial score (nSPS) is 49.2. The van der Waals surface area contributed by atoms with E-state index in [0.29, 0.717) is 35.4 Å². The van der Waals surface area contributed by atoms with E-state index < -0.39 is 0 Å². The van der Waals surface area contributed by atoms with Crippen LogP contribution in [0.1, 0.15) is 126 Å². The lowest BCUT2D eigenvalue weighted by molar-refractivity contribution is -0.169. The van der Waals surface area contributed by atoms with Gasteiger partial charge >= 0.3 is 0 Å².